The molecule has 2 fully saturated rings. The second-order valence-electron chi connectivity index (χ2n) is 13.7. The molecule has 0 bridgehead atoms. The van der Waals surface area contributed by atoms with Gasteiger partial charge in [0, 0.05) is 67.8 Å². The molecule has 2 aromatic heterocycles. The lowest BCUT2D eigenvalue weighted by atomic mass is 9.92. The molecule has 3 unspecified atom stereocenters. The quantitative estimate of drug-likeness (QED) is 0.159. The highest BCUT2D eigenvalue weighted by Gasteiger charge is 2.62. The van der Waals surface area contributed by atoms with E-state index >= 15 is 0 Å². The summed E-state index contributed by atoms with van der Waals surface area (Å²) in [7, 11) is 2.06. The molecule has 9 nitrogen and oxygen atoms in total. The van der Waals surface area contributed by atoms with E-state index in [0.29, 0.717) is 35.2 Å². The number of likely N-dealkylation sites (tertiary alicyclic amines) is 1. The summed E-state index contributed by atoms with van der Waals surface area (Å²) in [5.41, 5.74) is 4.61. The lowest BCUT2D eigenvalue weighted by Crippen LogP contribution is -2.37. The number of nitrogens with zero attached hydrogens (tertiary/aromatic N) is 4. The van der Waals surface area contributed by atoms with Gasteiger partial charge < -0.3 is 19.8 Å². The van der Waals surface area contributed by atoms with Crippen molar-refractivity contribution in [2.45, 2.75) is 57.4 Å². The molecule has 5 aromatic rings. The van der Waals surface area contributed by atoms with Gasteiger partial charge in [-0.25, -0.2) is 4.79 Å². The molecule has 0 spiro atoms. The summed E-state index contributed by atoms with van der Waals surface area (Å²) < 4.78 is 2.19. The first-order chi connectivity index (χ1) is 23.7. The van der Waals surface area contributed by atoms with Gasteiger partial charge in [0.05, 0.1) is 18.2 Å². The third kappa shape index (κ3) is 6.03. The summed E-state index contributed by atoms with van der Waals surface area (Å²) in [6.07, 6.45) is 2.33. The molecule has 0 amide bonds. The van der Waals surface area contributed by atoms with Gasteiger partial charge in [-0.05, 0) is 47.7 Å². The van der Waals surface area contributed by atoms with Gasteiger partial charge in [0.15, 0.2) is 5.56 Å². The highest BCUT2D eigenvalue weighted by atomic mass is 16.4. The summed E-state index contributed by atoms with van der Waals surface area (Å²) in [4.78, 5) is 36.6. The van der Waals surface area contributed by atoms with Crippen LogP contribution in [0.5, 0.6) is 5.75 Å². The number of carbonyl (C=O) groups is 1. The van der Waals surface area contributed by atoms with Crippen LogP contribution < -0.4 is 5.56 Å². The monoisotopic (exact) mass is 656 g/mol. The molecule has 3 atom stereocenters. The first-order valence-corrected chi connectivity index (χ1v) is 17.0. The van der Waals surface area contributed by atoms with Crippen molar-refractivity contribution in [2.24, 2.45) is 13.0 Å². The van der Waals surface area contributed by atoms with E-state index in [1.807, 2.05) is 25.1 Å². The Morgan fingerprint density at radius 3 is 2.31 bits per heavy atom. The molecule has 1 aliphatic carbocycles. The minimum Gasteiger partial charge on any atom is -0.506 e. The van der Waals surface area contributed by atoms with Crippen molar-refractivity contribution >= 4 is 16.9 Å². The number of aryl methyl sites for hydroxylation is 1. The normalized spacial score (nSPS) is 20.5. The lowest BCUT2D eigenvalue weighted by molar-refractivity contribution is 0.0691. The molecule has 1 saturated carbocycles. The van der Waals surface area contributed by atoms with E-state index in [9.17, 15) is 19.8 Å². The molecule has 250 valence electrons. The summed E-state index contributed by atoms with van der Waals surface area (Å²) >= 11 is 0. The van der Waals surface area contributed by atoms with E-state index in [1.54, 1.807) is 0 Å². The van der Waals surface area contributed by atoms with Gasteiger partial charge in [0.25, 0.3) is 17.7 Å². The first-order valence-electron chi connectivity index (χ1n) is 17.0. The van der Waals surface area contributed by atoms with E-state index in [0.717, 1.165) is 62.2 Å². The van der Waals surface area contributed by atoms with Crippen molar-refractivity contribution in [3.8, 4) is 23.6 Å². The number of fused-ring (bicyclic) bond motifs is 2. The molecule has 1 saturated heterocycles. The Labute approximate surface area is 285 Å². The van der Waals surface area contributed by atoms with Gasteiger partial charge in [-0.2, -0.15) is 0 Å². The maximum atomic E-state index is 12.6. The van der Waals surface area contributed by atoms with Crippen molar-refractivity contribution in [3.63, 3.8) is 0 Å². The summed E-state index contributed by atoms with van der Waals surface area (Å²) in [6, 6.07) is 29.8. The molecular weight excluding hydrogens is 614 g/mol. The zero-order valence-corrected chi connectivity index (χ0v) is 28.0. The molecule has 7 rings (SSSR count). The Kier molecular flexibility index (Phi) is 8.61. The average molecular weight is 657 g/mol. The summed E-state index contributed by atoms with van der Waals surface area (Å²) in [5.74, 6) is -1.57. The molecule has 1 aliphatic heterocycles. The molecule has 9 heteroatoms. The fraction of sp³-hybridized carbons (Fsp3) is 0.325. The van der Waals surface area contributed by atoms with Crippen molar-refractivity contribution in [1.82, 2.24) is 19.4 Å². The van der Waals surface area contributed by atoms with E-state index in [4.69, 9.17) is 6.57 Å². The van der Waals surface area contributed by atoms with Crippen molar-refractivity contribution in [3.05, 3.63) is 128 Å². The Bertz CT molecular complexity index is 2070. The number of aromatic amines is 1. The van der Waals surface area contributed by atoms with Crippen LogP contribution in [0.3, 0.4) is 0 Å². The fourth-order valence-corrected chi connectivity index (χ4v) is 8.32. The number of hydrogen-bond acceptors (Lipinski definition) is 5. The average Bonchev–Trinajstić information content (AvgIpc) is 3.73. The molecule has 3 heterocycles. The van der Waals surface area contributed by atoms with Crippen LogP contribution >= 0.6 is 0 Å². The van der Waals surface area contributed by atoms with Gasteiger partial charge in [0.2, 0.25) is 0 Å². The van der Waals surface area contributed by atoms with E-state index in [2.05, 4.69) is 98.0 Å². The number of nitrogens with one attached hydrogen (secondary N) is 1. The minimum absolute atomic E-state index is 0.291. The maximum absolute atomic E-state index is 12.6. The SMILES string of the molecule is C#[N+]C12CC(N(Cc3ccccc3)Cc3ccccc3)CC1CN(Cc1cc3cc(-c4[nH]c(=O)c(C(=O)O)c(O)c4CC)ccc3n1C)C2. The van der Waals surface area contributed by atoms with Gasteiger partial charge in [-0.15, -0.1) is 0 Å². The van der Waals surface area contributed by atoms with Crippen LogP contribution in [0.2, 0.25) is 0 Å². The highest BCUT2D eigenvalue weighted by molar-refractivity contribution is 5.92. The minimum atomic E-state index is -1.45. The van der Waals surface area contributed by atoms with Crippen LogP contribution in [-0.2, 0) is 33.1 Å². The molecule has 3 aromatic carbocycles. The Morgan fingerprint density at radius 1 is 1.04 bits per heavy atom. The van der Waals surface area contributed by atoms with Crippen molar-refractivity contribution in [2.75, 3.05) is 13.1 Å². The van der Waals surface area contributed by atoms with Crippen molar-refractivity contribution in [1.29, 1.82) is 0 Å². The van der Waals surface area contributed by atoms with E-state index < -0.39 is 22.8 Å². The number of carboxylic acid groups (broad SMARTS) is 1. The van der Waals surface area contributed by atoms with Gasteiger partial charge in [-0.3, -0.25) is 14.6 Å². The Morgan fingerprint density at radius 2 is 1.71 bits per heavy atom. The second kappa shape index (κ2) is 13.0. The number of aromatic nitrogens is 2. The number of pyridine rings is 1. The molecule has 49 heavy (non-hydrogen) atoms. The lowest BCUT2D eigenvalue weighted by Gasteiger charge is -2.30. The molecule has 2 aliphatic rings. The van der Waals surface area contributed by atoms with Gasteiger partial charge in [-0.1, -0.05) is 78.5 Å². The standard InChI is InChI=1S/C40H41N5O4/c1-4-33-36(42-38(47)35(37(33)46)39(48)49)28-15-16-34-29(17-28)18-32(43(34)3)24-44-23-30-19-31(20-40(30,25-44)41-2)45(21-26-11-7-5-8-12-26)22-27-13-9-6-10-14-27/h2,5-18,30-31H,4,19-25H2,1,3H3,(H2-,42,46,47,48,49)/p+1. The summed E-state index contributed by atoms with van der Waals surface area (Å²) in [6.45, 7) is 12.3. The number of H-pyrrole nitrogens is 1. The van der Waals surface area contributed by atoms with Gasteiger partial charge >= 0.3 is 5.97 Å². The number of aromatic hydroxyl groups is 1. The van der Waals surface area contributed by atoms with Crippen LogP contribution in [0.1, 0.15) is 52.5 Å². The van der Waals surface area contributed by atoms with Crippen LogP contribution in [-0.4, -0.2) is 60.2 Å². The third-order valence-corrected chi connectivity index (χ3v) is 10.8. The predicted octanol–water partition coefficient (Wildman–Crippen LogP) is 6.50. The third-order valence-electron chi connectivity index (χ3n) is 10.8. The fourth-order valence-electron chi connectivity index (χ4n) is 8.32. The molecular formula is C40H42N5O4+. The number of hydrogen-bond donors (Lipinski definition) is 3. The number of benzene rings is 3. The Balaban J connectivity index is 1.10. The zero-order valence-electron chi connectivity index (χ0n) is 28.0. The second-order valence-corrected chi connectivity index (χ2v) is 13.7. The number of aromatic carboxylic acids is 1. The van der Waals surface area contributed by atoms with E-state index in [-0.39, 0.29) is 5.54 Å². The molecule has 3 N–H and O–H groups in total. The first kappa shape index (κ1) is 32.4. The van der Waals surface area contributed by atoms with Crippen molar-refractivity contribution < 1.29 is 15.0 Å². The Hall–Kier alpha value is -5.17. The van der Waals surface area contributed by atoms with Crippen LogP contribution in [0, 0.1) is 12.5 Å². The smallest absolute Gasteiger partial charge is 0.345 e. The van der Waals surface area contributed by atoms with Crippen LogP contribution in [0.4, 0.5) is 0 Å². The zero-order chi connectivity index (χ0) is 34.3. The van der Waals surface area contributed by atoms with Crippen LogP contribution in [0.25, 0.3) is 27.0 Å². The number of carboxylic acids is 1. The molecule has 0 radical (unpaired) electrons. The summed E-state index contributed by atoms with van der Waals surface area (Å²) in [5, 5.41) is 21.1. The van der Waals surface area contributed by atoms with Crippen LogP contribution in [0.15, 0.2) is 89.7 Å². The largest absolute Gasteiger partial charge is 0.506 e. The van der Waals surface area contributed by atoms with Gasteiger partial charge in [0.1, 0.15) is 5.75 Å². The topological polar surface area (TPSA) is 106 Å². The predicted molar refractivity (Wildman–Crippen MR) is 192 cm³/mol. The van der Waals surface area contributed by atoms with E-state index in [1.165, 1.54) is 11.1 Å². The maximum Gasteiger partial charge on any atom is 0.345 e. The number of rotatable bonds is 10. The highest BCUT2D eigenvalue weighted by Crippen LogP contribution is 2.47.